The van der Waals surface area contributed by atoms with Crippen molar-refractivity contribution in [3.63, 3.8) is 0 Å². The molecular weight excluding hydrogens is 312 g/mol. The Balaban J connectivity index is 1.74. The molecule has 1 aliphatic rings. The van der Waals surface area contributed by atoms with E-state index in [-0.39, 0.29) is 5.91 Å². The molecular formula is C13H19BrN2OS. The third kappa shape index (κ3) is 4.07. The van der Waals surface area contributed by atoms with Gasteiger partial charge in [0.05, 0.1) is 0 Å². The van der Waals surface area contributed by atoms with Gasteiger partial charge >= 0.3 is 0 Å². The minimum Gasteiger partial charge on any atom is -0.353 e. The van der Waals surface area contributed by atoms with Gasteiger partial charge in [-0.2, -0.15) is 0 Å². The van der Waals surface area contributed by atoms with E-state index >= 15 is 0 Å². The summed E-state index contributed by atoms with van der Waals surface area (Å²) in [6, 6.07) is 2.43. The number of hydrogen-bond acceptors (Lipinski definition) is 3. The molecule has 2 unspecified atom stereocenters. The Morgan fingerprint density at radius 3 is 3.17 bits per heavy atom. The normalized spacial score (nSPS) is 23.9. The molecule has 0 saturated carbocycles. The number of nitrogens with one attached hydrogen (secondary N) is 2. The maximum absolute atomic E-state index is 11.9. The molecule has 1 saturated heterocycles. The Morgan fingerprint density at radius 1 is 1.67 bits per heavy atom. The first-order valence-electron chi connectivity index (χ1n) is 6.38. The summed E-state index contributed by atoms with van der Waals surface area (Å²) < 4.78 is 1.11. The lowest BCUT2D eigenvalue weighted by molar-refractivity contribution is -0.122. The highest BCUT2D eigenvalue weighted by atomic mass is 79.9. The second kappa shape index (κ2) is 6.68. The zero-order valence-corrected chi connectivity index (χ0v) is 12.9. The number of hydrogen-bond donors (Lipinski definition) is 2. The first-order chi connectivity index (χ1) is 8.65. The highest BCUT2D eigenvalue weighted by molar-refractivity contribution is 9.10. The lowest BCUT2D eigenvalue weighted by Crippen LogP contribution is -2.48. The van der Waals surface area contributed by atoms with Gasteiger partial charge in [0.2, 0.25) is 5.91 Å². The molecule has 0 aromatic carbocycles. The Labute approximate surface area is 120 Å². The topological polar surface area (TPSA) is 41.1 Å². The Kier molecular flexibility index (Phi) is 5.21. The van der Waals surface area contributed by atoms with Gasteiger partial charge in [0.1, 0.15) is 0 Å². The fourth-order valence-electron chi connectivity index (χ4n) is 2.23. The molecule has 0 aliphatic carbocycles. The summed E-state index contributed by atoms with van der Waals surface area (Å²) in [5.41, 5.74) is 0. The van der Waals surface area contributed by atoms with Crippen LogP contribution in [0.5, 0.6) is 0 Å². The van der Waals surface area contributed by atoms with E-state index in [9.17, 15) is 4.79 Å². The minimum absolute atomic E-state index is 0.179. The molecule has 2 rings (SSSR count). The van der Waals surface area contributed by atoms with Crippen LogP contribution in [0.3, 0.4) is 0 Å². The predicted octanol–water partition coefficient (Wildman–Crippen LogP) is 2.56. The van der Waals surface area contributed by atoms with Crippen LogP contribution in [0.15, 0.2) is 15.9 Å². The van der Waals surface area contributed by atoms with Crippen LogP contribution in [0.25, 0.3) is 0 Å². The van der Waals surface area contributed by atoms with Crippen LogP contribution in [0, 0.1) is 5.92 Å². The molecule has 3 nitrogen and oxygen atoms in total. The van der Waals surface area contributed by atoms with Crippen LogP contribution in [0.1, 0.15) is 24.6 Å². The summed E-state index contributed by atoms with van der Waals surface area (Å²) in [7, 11) is 0. The highest BCUT2D eigenvalue weighted by Gasteiger charge is 2.22. The number of amides is 1. The molecule has 1 aromatic heterocycles. The average Bonchev–Trinajstić information content (AvgIpc) is 2.76. The quantitative estimate of drug-likeness (QED) is 0.890. The smallest absolute Gasteiger partial charge is 0.220 e. The van der Waals surface area contributed by atoms with Crippen LogP contribution in [-0.4, -0.2) is 25.0 Å². The van der Waals surface area contributed by atoms with E-state index in [1.165, 1.54) is 4.88 Å². The molecule has 2 N–H and O–H groups in total. The summed E-state index contributed by atoms with van der Waals surface area (Å²) in [4.78, 5) is 13.2. The van der Waals surface area contributed by atoms with E-state index in [0.29, 0.717) is 18.4 Å². The second-order valence-corrected chi connectivity index (χ2v) is 6.79. The van der Waals surface area contributed by atoms with Crippen molar-refractivity contribution >= 4 is 33.2 Å². The van der Waals surface area contributed by atoms with Gasteiger partial charge in [-0.25, -0.2) is 0 Å². The highest BCUT2D eigenvalue weighted by Crippen LogP contribution is 2.21. The van der Waals surface area contributed by atoms with Crippen LogP contribution in [-0.2, 0) is 11.2 Å². The lowest BCUT2D eigenvalue weighted by atomic mass is 9.95. The lowest BCUT2D eigenvalue weighted by Gasteiger charge is -2.30. The SMILES string of the molecule is CC1CNCCC1NC(=O)CCc1cc(Br)cs1. The fraction of sp³-hybridized carbons (Fsp3) is 0.615. The molecule has 2 heterocycles. The van der Waals surface area contributed by atoms with Crippen molar-refractivity contribution in [3.05, 3.63) is 20.8 Å². The summed E-state index contributed by atoms with van der Waals surface area (Å²) >= 11 is 5.13. The molecule has 2 atom stereocenters. The van der Waals surface area contributed by atoms with Gasteiger partial charge in [0.15, 0.2) is 0 Å². The summed E-state index contributed by atoms with van der Waals surface area (Å²) in [6.07, 6.45) is 2.46. The van der Waals surface area contributed by atoms with Gasteiger partial charge in [0, 0.05) is 27.2 Å². The third-order valence-corrected chi connectivity index (χ3v) is 5.11. The number of aryl methyl sites for hydroxylation is 1. The number of halogens is 1. The summed E-state index contributed by atoms with van der Waals surface area (Å²) in [6.45, 7) is 4.20. The summed E-state index contributed by atoms with van der Waals surface area (Å²) in [5.74, 6) is 0.705. The molecule has 100 valence electrons. The van der Waals surface area contributed by atoms with Gasteiger partial charge < -0.3 is 10.6 Å². The van der Waals surface area contributed by atoms with E-state index < -0.39 is 0 Å². The van der Waals surface area contributed by atoms with Gasteiger partial charge in [-0.05, 0) is 53.8 Å². The van der Waals surface area contributed by atoms with Crippen molar-refractivity contribution in [2.24, 2.45) is 5.92 Å². The number of carbonyl (C=O) groups is 1. The average molecular weight is 331 g/mol. The first kappa shape index (κ1) is 14.0. The monoisotopic (exact) mass is 330 g/mol. The molecule has 0 spiro atoms. The van der Waals surface area contributed by atoms with Crippen molar-refractivity contribution in [3.8, 4) is 0 Å². The Hall–Kier alpha value is -0.390. The second-order valence-electron chi connectivity index (χ2n) is 4.88. The van der Waals surface area contributed by atoms with Crippen LogP contribution >= 0.6 is 27.3 Å². The predicted molar refractivity (Wildman–Crippen MR) is 78.9 cm³/mol. The minimum atomic E-state index is 0.179. The van der Waals surface area contributed by atoms with E-state index in [0.717, 1.165) is 30.4 Å². The molecule has 1 aromatic rings. The van der Waals surface area contributed by atoms with Gasteiger partial charge in [-0.15, -0.1) is 11.3 Å². The van der Waals surface area contributed by atoms with E-state index in [1.54, 1.807) is 11.3 Å². The van der Waals surface area contributed by atoms with Crippen molar-refractivity contribution in [1.82, 2.24) is 10.6 Å². The molecule has 0 bridgehead atoms. The molecule has 5 heteroatoms. The Bertz CT molecular complexity index is 407. The van der Waals surface area contributed by atoms with Crippen molar-refractivity contribution in [1.29, 1.82) is 0 Å². The van der Waals surface area contributed by atoms with Gasteiger partial charge in [0.25, 0.3) is 0 Å². The molecule has 1 amide bonds. The maximum atomic E-state index is 11.9. The molecule has 0 radical (unpaired) electrons. The number of thiophene rings is 1. The van der Waals surface area contributed by atoms with Gasteiger partial charge in [-0.3, -0.25) is 4.79 Å². The maximum Gasteiger partial charge on any atom is 0.220 e. The summed E-state index contributed by atoms with van der Waals surface area (Å²) in [5, 5.41) is 8.56. The van der Waals surface area contributed by atoms with Crippen molar-refractivity contribution in [2.45, 2.75) is 32.2 Å². The molecule has 1 fully saturated rings. The fourth-order valence-corrected chi connectivity index (χ4v) is 3.68. The number of piperidine rings is 1. The Morgan fingerprint density at radius 2 is 2.50 bits per heavy atom. The van der Waals surface area contributed by atoms with E-state index in [4.69, 9.17) is 0 Å². The van der Waals surface area contributed by atoms with Crippen LogP contribution < -0.4 is 10.6 Å². The molecule has 1 aliphatic heterocycles. The number of carbonyl (C=O) groups excluding carboxylic acids is 1. The van der Waals surface area contributed by atoms with Gasteiger partial charge in [-0.1, -0.05) is 6.92 Å². The van der Waals surface area contributed by atoms with E-state index in [1.807, 2.05) is 0 Å². The van der Waals surface area contributed by atoms with Crippen molar-refractivity contribution < 1.29 is 4.79 Å². The van der Waals surface area contributed by atoms with Crippen molar-refractivity contribution in [2.75, 3.05) is 13.1 Å². The zero-order valence-electron chi connectivity index (χ0n) is 10.5. The zero-order chi connectivity index (χ0) is 13.0. The van der Waals surface area contributed by atoms with E-state index in [2.05, 4.69) is 44.9 Å². The standard InChI is InChI=1S/C13H19BrN2OS/c1-9-7-15-5-4-12(9)16-13(17)3-2-11-6-10(14)8-18-11/h6,8-9,12,15H,2-5,7H2,1H3,(H,16,17). The largest absolute Gasteiger partial charge is 0.353 e. The van der Waals surface area contributed by atoms with Crippen LogP contribution in [0.4, 0.5) is 0 Å². The number of rotatable bonds is 4. The third-order valence-electron chi connectivity index (χ3n) is 3.35. The first-order valence-corrected chi connectivity index (χ1v) is 8.05. The van der Waals surface area contributed by atoms with Crippen LogP contribution in [0.2, 0.25) is 0 Å². The molecule has 18 heavy (non-hydrogen) atoms.